The van der Waals surface area contributed by atoms with Gasteiger partial charge in [0.1, 0.15) is 5.82 Å². The Labute approximate surface area is 117 Å². The molecule has 0 aliphatic rings. The van der Waals surface area contributed by atoms with E-state index in [9.17, 15) is 5.11 Å². The molecule has 0 amide bonds. The zero-order chi connectivity index (χ0) is 14.7. The molecule has 0 spiro atoms. The quantitative estimate of drug-likeness (QED) is 0.584. The van der Waals surface area contributed by atoms with Gasteiger partial charge in [0, 0.05) is 16.8 Å². The van der Waals surface area contributed by atoms with Gasteiger partial charge in [-0.3, -0.25) is 0 Å². The fourth-order valence-corrected chi connectivity index (χ4v) is 1.82. The van der Waals surface area contributed by atoms with Gasteiger partial charge >= 0.3 is 0 Å². The molecule has 0 radical (unpaired) electrons. The van der Waals surface area contributed by atoms with E-state index in [2.05, 4.69) is 15.4 Å². The number of ether oxygens (including phenoxy) is 1. The Hall–Kier alpha value is -2.34. The molecular weight excluding hydrogens is 256 g/mol. The summed E-state index contributed by atoms with van der Waals surface area (Å²) in [5.74, 6) is 7.08. The predicted molar refractivity (Wildman–Crippen MR) is 77.6 cm³/mol. The third-order valence-electron chi connectivity index (χ3n) is 3.04. The van der Waals surface area contributed by atoms with E-state index in [0.717, 1.165) is 16.8 Å². The molecule has 0 saturated heterocycles. The second-order valence-electron chi connectivity index (χ2n) is 4.37. The highest BCUT2D eigenvalue weighted by molar-refractivity contribution is 5.63. The van der Waals surface area contributed by atoms with Crippen LogP contribution in [-0.2, 0) is 0 Å². The molecule has 1 aromatic carbocycles. The molecular formula is C14H18N4O2. The number of phenolic OH excluding ortho intramolecular Hbond substituents is 1. The van der Waals surface area contributed by atoms with Crippen molar-refractivity contribution in [2.24, 2.45) is 5.84 Å². The molecule has 4 N–H and O–H groups in total. The Kier molecular flexibility index (Phi) is 4.05. The highest BCUT2D eigenvalue weighted by Gasteiger charge is 2.11. The summed E-state index contributed by atoms with van der Waals surface area (Å²) in [4.78, 5) is 8.81. The maximum absolute atomic E-state index is 9.71. The Morgan fingerprint density at radius 2 is 2.05 bits per heavy atom. The van der Waals surface area contributed by atoms with Gasteiger partial charge in [-0.25, -0.2) is 15.8 Å². The van der Waals surface area contributed by atoms with Crippen LogP contribution in [0.15, 0.2) is 18.2 Å². The summed E-state index contributed by atoms with van der Waals surface area (Å²) in [7, 11) is 0. The third-order valence-corrected chi connectivity index (χ3v) is 3.04. The molecule has 0 fully saturated rings. The van der Waals surface area contributed by atoms with Crippen molar-refractivity contribution in [3.8, 4) is 22.9 Å². The first kappa shape index (κ1) is 14.1. The molecule has 6 heteroatoms. The minimum absolute atomic E-state index is 0.0941. The number of nitrogens with two attached hydrogens (primary N) is 1. The fourth-order valence-electron chi connectivity index (χ4n) is 1.82. The number of rotatable bonds is 4. The monoisotopic (exact) mass is 274 g/mol. The van der Waals surface area contributed by atoms with Gasteiger partial charge in [0.2, 0.25) is 0 Å². The molecule has 106 valence electrons. The number of nitrogens with zero attached hydrogens (tertiary/aromatic N) is 2. The van der Waals surface area contributed by atoms with Crippen molar-refractivity contribution in [3.05, 3.63) is 29.5 Å². The molecule has 1 aromatic heterocycles. The second kappa shape index (κ2) is 5.75. The molecule has 2 rings (SSSR count). The smallest absolute Gasteiger partial charge is 0.161 e. The number of phenols is 1. The van der Waals surface area contributed by atoms with Crippen LogP contribution in [0.4, 0.5) is 5.82 Å². The van der Waals surface area contributed by atoms with Crippen molar-refractivity contribution in [1.82, 2.24) is 9.97 Å². The number of hydrogen-bond acceptors (Lipinski definition) is 6. The van der Waals surface area contributed by atoms with Crippen LogP contribution in [0.25, 0.3) is 11.4 Å². The minimum Gasteiger partial charge on any atom is -0.504 e. The van der Waals surface area contributed by atoms with Crippen molar-refractivity contribution in [2.75, 3.05) is 12.0 Å². The van der Waals surface area contributed by atoms with Gasteiger partial charge in [0.15, 0.2) is 17.3 Å². The van der Waals surface area contributed by atoms with Gasteiger partial charge in [0.25, 0.3) is 0 Å². The lowest BCUT2D eigenvalue weighted by atomic mass is 10.1. The number of aromatic nitrogens is 2. The number of nitrogens with one attached hydrogen (secondary N) is 1. The van der Waals surface area contributed by atoms with Crippen molar-refractivity contribution in [2.45, 2.75) is 20.8 Å². The average Bonchev–Trinajstić information content (AvgIpc) is 2.44. The van der Waals surface area contributed by atoms with Crippen LogP contribution in [0.5, 0.6) is 11.5 Å². The van der Waals surface area contributed by atoms with Crippen molar-refractivity contribution in [3.63, 3.8) is 0 Å². The summed E-state index contributed by atoms with van der Waals surface area (Å²) in [5.41, 5.74) is 5.07. The maximum atomic E-state index is 9.71. The van der Waals surface area contributed by atoms with E-state index >= 15 is 0 Å². The Morgan fingerprint density at radius 3 is 2.70 bits per heavy atom. The van der Waals surface area contributed by atoms with E-state index < -0.39 is 0 Å². The second-order valence-corrected chi connectivity index (χ2v) is 4.37. The van der Waals surface area contributed by atoms with Gasteiger partial charge in [-0.15, -0.1) is 0 Å². The zero-order valence-corrected chi connectivity index (χ0v) is 11.8. The molecule has 0 saturated carbocycles. The van der Waals surface area contributed by atoms with E-state index in [0.29, 0.717) is 24.0 Å². The van der Waals surface area contributed by atoms with E-state index in [1.807, 2.05) is 20.8 Å². The molecule has 1 heterocycles. The molecule has 6 nitrogen and oxygen atoms in total. The Balaban J connectivity index is 2.51. The summed E-state index contributed by atoms with van der Waals surface area (Å²) in [6.07, 6.45) is 0. The van der Waals surface area contributed by atoms with E-state index in [1.165, 1.54) is 0 Å². The van der Waals surface area contributed by atoms with Crippen LogP contribution in [0.3, 0.4) is 0 Å². The normalized spacial score (nSPS) is 10.4. The first-order chi connectivity index (χ1) is 9.56. The van der Waals surface area contributed by atoms with Gasteiger partial charge in [-0.2, -0.15) is 0 Å². The summed E-state index contributed by atoms with van der Waals surface area (Å²) in [5, 5.41) is 9.71. The SMILES string of the molecule is CCOc1cc(-c2nc(C)c(C)c(NN)n2)ccc1O. The van der Waals surface area contributed by atoms with E-state index in [4.69, 9.17) is 10.6 Å². The topological polar surface area (TPSA) is 93.3 Å². The van der Waals surface area contributed by atoms with Crippen LogP contribution in [-0.4, -0.2) is 21.7 Å². The van der Waals surface area contributed by atoms with Crippen molar-refractivity contribution in [1.29, 1.82) is 0 Å². The molecule has 0 aliphatic heterocycles. The van der Waals surface area contributed by atoms with Crippen molar-refractivity contribution < 1.29 is 9.84 Å². The zero-order valence-electron chi connectivity index (χ0n) is 11.8. The number of aromatic hydroxyl groups is 1. The lowest BCUT2D eigenvalue weighted by Gasteiger charge is -2.11. The predicted octanol–water partition coefficient (Wildman–Crippen LogP) is 2.15. The van der Waals surface area contributed by atoms with Crippen LogP contribution in [0.1, 0.15) is 18.2 Å². The first-order valence-electron chi connectivity index (χ1n) is 6.34. The molecule has 2 aromatic rings. The number of hydrazine groups is 1. The molecule has 0 aliphatic carbocycles. The summed E-state index contributed by atoms with van der Waals surface area (Å²) in [6, 6.07) is 5.01. The highest BCUT2D eigenvalue weighted by atomic mass is 16.5. The van der Waals surface area contributed by atoms with Crippen LogP contribution < -0.4 is 16.0 Å². The highest BCUT2D eigenvalue weighted by Crippen LogP contribution is 2.31. The van der Waals surface area contributed by atoms with E-state index in [-0.39, 0.29) is 5.75 Å². The fraction of sp³-hybridized carbons (Fsp3) is 0.286. The van der Waals surface area contributed by atoms with Crippen LogP contribution in [0.2, 0.25) is 0 Å². The van der Waals surface area contributed by atoms with Gasteiger partial charge in [-0.05, 0) is 39.0 Å². The van der Waals surface area contributed by atoms with E-state index in [1.54, 1.807) is 18.2 Å². The van der Waals surface area contributed by atoms with Crippen LogP contribution in [0, 0.1) is 13.8 Å². The third kappa shape index (κ3) is 2.65. The first-order valence-corrected chi connectivity index (χ1v) is 6.34. The van der Waals surface area contributed by atoms with Gasteiger partial charge < -0.3 is 15.3 Å². The van der Waals surface area contributed by atoms with Crippen molar-refractivity contribution >= 4 is 5.82 Å². The van der Waals surface area contributed by atoms with Gasteiger partial charge in [0.05, 0.1) is 6.61 Å². The number of hydrogen-bond donors (Lipinski definition) is 3. The number of benzene rings is 1. The Bertz CT molecular complexity index is 629. The number of aryl methyl sites for hydroxylation is 1. The summed E-state index contributed by atoms with van der Waals surface area (Å²) in [6.45, 7) is 6.12. The maximum Gasteiger partial charge on any atom is 0.161 e. The van der Waals surface area contributed by atoms with Gasteiger partial charge in [-0.1, -0.05) is 0 Å². The number of anilines is 1. The number of nitrogen functional groups attached to an aromatic ring is 1. The average molecular weight is 274 g/mol. The lowest BCUT2D eigenvalue weighted by Crippen LogP contribution is -2.12. The minimum atomic E-state index is 0.0941. The summed E-state index contributed by atoms with van der Waals surface area (Å²) >= 11 is 0. The van der Waals surface area contributed by atoms with Crippen LogP contribution >= 0.6 is 0 Å². The molecule has 0 bridgehead atoms. The standard InChI is InChI=1S/C14H18N4O2/c1-4-20-12-7-10(5-6-11(12)19)14-16-9(3)8(2)13(17-14)18-15/h5-7,19H,4,15H2,1-3H3,(H,16,17,18). The Morgan fingerprint density at radius 1 is 1.30 bits per heavy atom. The largest absolute Gasteiger partial charge is 0.504 e. The molecule has 0 unspecified atom stereocenters. The molecule has 20 heavy (non-hydrogen) atoms. The lowest BCUT2D eigenvalue weighted by molar-refractivity contribution is 0.318. The summed E-state index contributed by atoms with van der Waals surface area (Å²) < 4.78 is 5.36. The molecule has 0 atom stereocenters.